The maximum atomic E-state index is 11.1. The molecule has 0 saturated heterocycles. The molecule has 0 fully saturated rings. The molecule has 0 amide bonds. The van der Waals surface area contributed by atoms with Gasteiger partial charge in [-0.15, -0.1) is 0 Å². The first-order chi connectivity index (χ1) is 10.2. The molecule has 3 rings (SSSR count). The van der Waals surface area contributed by atoms with E-state index in [-0.39, 0.29) is 0 Å². The first-order valence-corrected chi connectivity index (χ1v) is 6.66. The van der Waals surface area contributed by atoms with Gasteiger partial charge >= 0.3 is 5.97 Å². The number of esters is 1. The highest BCUT2D eigenvalue weighted by molar-refractivity contribution is 5.96. The van der Waals surface area contributed by atoms with Gasteiger partial charge in [0.2, 0.25) is 6.29 Å². The molecule has 1 N–H and O–H groups in total. The summed E-state index contributed by atoms with van der Waals surface area (Å²) in [5.41, 5.74) is 3.46. The minimum atomic E-state index is -1.16. The molecule has 2 aromatic rings. The number of aliphatic hydroxyl groups is 1. The van der Waals surface area contributed by atoms with Crippen molar-refractivity contribution in [1.82, 2.24) is 0 Å². The quantitative estimate of drug-likeness (QED) is 0.693. The Kier molecular flexibility index (Phi) is 3.67. The summed E-state index contributed by atoms with van der Waals surface area (Å²) in [6.45, 7) is 0. The molecule has 0 bridgehead atoms. The molecule has 0 spiro atoms. The summed E-state index contributed by atoms with van der Waals surface area (Å²) in [4.78, 5) is 11.1. The van der Waals surface area contributed by atoms with Gasteiger partial charge < -0.3 is 9.84 Å². The highest BCUT2D eigenvalue weighted by atomic mass is 16.6. The molecule has 1 heterocycles. The fraction of sp³-hybridized carbons (Fsp3) is 0.0556. The van der Waals surface area contributed by atoms with Crippen LogP contribution in [0.15, 0.2) is 60.7 Å². The first kappa shape index (κ1) is 13.3. The molecule has 0 saturated carbocycles. The van der Waals surface area contributed by atoms with Gasteiger partial charge in [-0.25, -0.2) is 4.79 Å². The SMILES string of the molecule is O=C1C=C(c2ccc(/C=C\c3ccccc3)cc2)C(O)O1. The average molecular weight is 278 g/mol. The van der Waals surface area contributed by atoms with Gasteiger partial charge in [0.05, 0.1) is 0 Å². The van der Waals surface area contributed by atoms with Crippen LogP contribution in [0.3, 0.4) is 0 Å². The number of benzene rings is 2. The van der Waals surface area contributed by atoms with Crippen LogP contribution < -0.4 is 0 Å². The number of rotatable bonds is 3. The summed E-state index contributed by atoms with van der Waals surface area (Å²) in [5, 5.41) is 9.61. The third-order valence-electron chi connectivity index (χ3n) is 3.28. The Morgan fingerprint density at radius 3 is 2.10 bits per heavy atom. The van der Waals surface area contributed by atoms with Crippen LogP contribution in [0.4, 0.5) is 0 Å². The Balaban J connectivity index is 1.77. The van der Waals surface area contributed by atoms with Crippen LogP contribution in [0.1, 0.15) is 16.7 Å². The number of carbonyl (C=O) groups excluding carboxylic acids is 1. The van der Waals surface area contributed by atoms with Crippen LogP contribution in [0.5, 0.6) is 0 Å². The van der Waals surface area contributed by atoms with Gasteiger partial charge in [0.25, 0.3) is 0 Å². The number of cyclic esters (lactones) is 1. The minimum absolute atomic E-state index is 0.499. The molecule has 3 nitrogen and oxygen atoms in total. The molecule has 3 heteroatoms. The third kappa shape index (κ3) is 3.09. The maximum Gasteiger partial charge on any atom is 0.333 e. The minimum Gasteiger partial charge on any atom is -0.428 e. The molecule has 2 aromatic carbocycles. The topological polar surface area (TPSA) is 46.5 Å². The molecule has 1 aliphatic rings. The van der Waals surface area contributed by atoms with E-state index in [9.17, 15) is 9.90 Å². The van der Waals surface area contributed by atoms with Crippen LogP contribution in [0.2, 0.25) is 0 Å². The Morgan fingerprint density at radius 1 is 0.905 bits per heavy atom. The van der Waals surface area contributed by atoms with E-state index in [1.807, 2.05) is 66.7 Å². The molecule has 0 radical (unpaired) electrons. The van der Waals surface area contributed by atoms with Gasteiger partial charge in [0, 0.05) is 11.6 Å². The van der Waals surface area contributed by atoms with Crippen molar-refractivity contribution in [2.75, 3.05) is 0 Å². The van der Waals surface area contributed by atoms with E-state index in [1.165, 1.54) is 6.08 Å². The Morgan fingerprint density at radius 2 is 1.52 bits per heavy atom. The molecule has 21 heavy (non-hydrogen) atoms. The van der Waals surface area contributed by atoms with Crippen LogP contribution in [0.25, 0.3) is 17.7 Å². The van der Waals surface area contributed by atoms with Crippen molar-refractivity contribution in [1.29, 1.82) is 0 Å². The summed E-state index contributed by atoms with van der Waals surface area (Å²) in [5.74, 6) is -0.509. The van der Waals surface area contributed by atoms with E-state index in [0.717, 1.165) is 16.7 Å². The van der Waals surface area contributed by atoms with Gasteiger partial charge in [-0.3, -0.25) is 0 Å². The molecule has 0 aromatic heterocycles. The summed E-state index contributed by atoms with van der Waals surface area (Å²) in [6, 6.07) is 17.6. The lowest BCUT2D eigenvalue weighted by atomic mass is 10.0. The van der Waals surface area contributed by atoms with Crippen LogP contribution in [-0.4, -0.2) is 17.4 Å². The fourth-order valence-corrected chi connectivity index (χ4v) is 2.17. The van der Waals surface area contributed by atoms with Gasteiger partial charge in [-0.2, -0.15) is 0 Å². The van der Waals surface area contributed by atoms with Crippen molar-refractivity contribution in [3.8, 4) is 0 Å². The molecule has 1 atom stereocenters. The van der Waals surface area contributed by atoms with Gasteiger partial charge in [0.1, 0.15) is 0 Å². The average Bonchev–Trinajstić information content (AvgIpc) is 2.85. The second-order valence-electron chi connectivity index (χ2n) is 4.75. The van der Waals surface area contributed by atoms with E-state index < -0.39 is 12.3 Å². The molecular weight excluding hydrogens is 264 g/mol. The number of carbonyl (C=O) groups is 1. The van der Waals surface area contributed by atoms with Crippen LogP contribution in [-0.2, 0) is 9.53 Å². The maximum absolute atomic E-state index is 11.1. The number of hydrogen-bond donors (Lipinski definition) is 1. The van der Waals surface area contributed by atoms with E-state index in [1.54, 1.807) is 0 Å². The Labute approximate surface area is 122 Å². The predicted octanol–water partition coefficient (Wildman–Crippen LogP) is 3.12. The standard InChI is InChI=1S/C18H14O3/c19-17-12-16(18(20)21-17)15-10-8-14(9-11-15)7-6-13-4-2-1-3-5-13/h1-12,18,20H/b7-6-. The van der Waals surface area contributed by atoms with E-state index in [2.05, 4.69) is 4.74 Å². The highest BCUT2D eigenvalue weighted by Gasteiger charge is 2.24. The normalized spacial score (nSPS) is 17.9. The lowest BCUT2D eigenvalue weighted by Gasteiger charge is -2.07. The molecule has 0 aliphatic carbocycles. The molecule has 1 aliphatic heterocycles. The monoisotopic (exact) mass is 278 g/mol. The smallest absolute Gasteiger partial charge is 0.333 e. The van der Waals surface area contributed by atoms with Crippen molar-refractivity contribution in [2.45, 2.75) is 6.29 Å². The Hall–Kier alpha value is -2.65. The lowest BCUT2D eigenvalue weighted by molar-refractivity contribution is -0.149. The second-order valence-corrected chi connectivity index (χ2v) is 4.75. The number of aliphatic hydroxyl groups excluding tert-OH is 1. The second kappa shape index (κ2) is 5.77. The van der Waals surface area contributed by atoms with E-state index in [0.29, 0.717) is 5.57 Å². The third-order valence-corrected chi connectivity index (χ3v) is 3.28. The summed E-state index contributed by atoms with van der Waals surface area (Å²) >= 11 is 0. The Bertz CT molecular complexity index is 697. The summed E-state index contributed by atoms with van der Waals surface area (Å²) < 4.78 is 4.67. The largest absolute Gasteiger partial charge is 0.428 e. The van der Waals surface area contributed by atoms with Gasteiger partial charge in [0.15, 0.2) is 0 Å². The van der Waals surface area contributed by atoms with Crippen molar-refractivity contribution in [3.63, 3.8) is 0 Å². The van der Waals surface area contributed by atoms with Crippen LogP contribution in [0, 0.1) is 0 Å². The van der Waals surface area contributed by atoms with Crippen molar-refractivity contribution in [2.24, 2.45) is 0 Å². The lowest BCUT2D eigenvalue weighted by Crippen LogP contribution is -2.09. The van der Waals surface area contributed by atoms with Crippen molar-refractivity contribution < 1.29 is 14.6 Å². The van der Waals surface area contributed by atoms with Crippen LogP contribution >= 0.6 is 0 Å². The number of hydrogen-bond acceptors (Lipinski definition) is 3. The fourth-order valence-electron chi connectivity index (χ4n) is 2.17. The summed E-state index contributed by atoms with van der Waals surface area (Å²) in [7, 11) is 0. The van der Waals surface area contributed by atoms with E-state index in [4.69, 9.17) is 0 Å². The molecule has 1 unspecified atom stereocenters. The molecule has 104 valence electrons. The zero-order valence-corrected chi connectivity index (χ0v) is 11.3. The summed E-state index contributed by atoms with van der Waals surface area (Å²) in [6.07, 6.45) is 4.20. The van der Waals surface area contributed by atoms with Gasteiger partial charge in [-0.05, 0) is 16.7 Å². The molecular formula is C18H14O3. The first-order valence-electron chi connectivity index (χ1n) is 6.66. The number of ether oxygens (including phenoxy) is 1. The van der Waals surface area contributed by atoms with E-state index >= 15 is 0 Å². The highest BCUT2D eigenvalue weighted by Crippen LogP contribution is 2.25. The zero-order chi connectivity index (χ0) is 14.7. The van der Waals surface area contributed by atoms with Gasteiger partial charge in [-0.1, -0.05) is 66.7 Å². The van der Waals surface area contributed by atoms with Crippen molar-refractivity contribution >= 4 is 23.7 Å². The zero-order valence-electron chi connectivity index (χ0n) is 11.3. The predicted molar refractivity (Wildman–Crippen MR) is 81.9 cm³/mol. The van der Waals surface area contributed by atoms with Crippen molar-refractivity contribution in [3.05, 3.63) is 77.4 Å².